The fourth-order valence-corrected chi connectivity index (χ4v) is 4.59. The highest BCUT2D eigenvalue weighted by atomic mass is 32.2. The summed E-state index contributed by atoms with van der Waals surface area (Å²) in [5.41, 5.74) is 0.662. The van der Waals surface area contributed by atoms with Crippen molar-refractivity contribution < 1.29 is 22.1 Å². The number of sulfonamides is 1. The Bertz CT molecular complexity index is 901. The molecule has 26 heavy (non-hydrogen) atoms. The average molecular weight is 382 g/mol. The first-order valence-corrected chi connectivity index (χ1v) is 9.47. The number of piperazine rings is 1. The van der Waals surface area contributed by atoms with E-state index in [0.717, 1.165) is 0 Å². The molecule has 0 saturated carbocycles. The van der Waals surface area contributed by atoms with E-state index < -0.39 is 21.9 Å². The Hall–Kier alpha value is -2.46. The van der Waals surface area contributed by atoms with E-state index in [0.29, 0.717) is 11.4 Å². The van der Waals surface area contributed by atoms with Crippen molar-refractivity contribution in [3.05, 3.63) is 41.5 Å². The summed E-state index contributed by atoms with van der Waals surface area (Å²) in [6, 6.07) is 5.19. The van der Waals surface area contributed by atoms with E-state index >= 15 is 0 Å². The first-order valence-electron chi connectivity index (χ1n) is 8.03. The molecule has 1 aromatic heterocycles. The molecule has 2 heterocycles. The Balaban J connectivity index is 1.65. The average Bonchev–Trinajstić information content (AvgIpc) is 2.94. The molecule has 1 aliphatic heterocycles. The molecule has 1 saturated heterocycles. The van der Waals surface area contributed by atoms with Gasteiger partial charge in [-0.25, -0.2) is 17.6 Å². The molecule has 10 heteroatoms. The van der Waals surface area contributed by atoms with E-state index in [-0.39, 0.29) is 36.8 Å². The largest absolute Gasteiger partial charge is 0.360 e. The van der Waals surface area contributed by atoms with Crippen LogP contribution in [-0.4, -0.2) is 55.0 Å². The first kappa shape index (κ1) is 18.3. The number of nitrogens with zero attached hydrogens (tertiary/aromatic N) is 3. The number of nitrogens with one attached hydrogen (secondary N) is 1. The fraction of sp³-hybridized carbons (Fsp3) is 0.375. The molecule has 1 aromatic carbocycles. The minimum absolute atomic E-state index is 0.0789. The Kier molecular flexibility index (Phi) is 4.97. The van der Waals surface area contributed by atoms with Crippen LogP contribution < -0.4 is 5.32 Å². The summed E-state index contributed by atoms with van der Waals surface area (Å²) in [5, 5.41) is 6.29. The Labute approximate surface area is 150 Å². The van der Waals surface area contributed by atoms with Crippen LogP contribution in [-0.2, 0) is 10.0 Å². The molecule has 8 nitrogen and oxygen atoms in total. The predicted octanol–water partition coefficient (Wildman–Crippen LogP) is 1.97. The van der Waals surface area contributed by atoms with Crippen LogP contribution in [0.15, 0.2) is 33.7 Å². The van der Waals surface area contributed by atoms with Gasteiger partial charge in [0.25, 0.3) is 0 Å². The fourth-order valence-electron chi connectivity index (χ4n) is 2.87. The maximum Gasteiger partial charge on any atom is 0.321 e. The number of benzene rings is 1. The maximum atomic E-state index is 13.2. The molecule has 0 unspecified atom stereocenters. The van der Waals surface area contributed by atoms with E-state index in [1.54, 1.807) is 19.9 Å². The van der Waals surface area contributed by atoms with Crippen LogP contribution in [0.2, 0.25) is 0 Å². The van der Waals surface area contributed by atoms with Gasteiger partial charge < -0.3 is 14.7 Å². The summed E-state index contributed by atoms with van der Waals surface area (Å²) >= 11 is 0. The summed E-state index contributed by atoms with van der Waals surface area (Å²) < 4.78 is 45.0. The second kappa shape index (κ2) is 7.04. The van der Waals surface area contributed by atoms with Gasteiger partial charge in [0.2, 0.25) is 10.0 Å². The van der Waals surface area contributed by atoms with Gasteiger partial charge >= 0.3 is 6.03 Å². The summed E-state index contributed by atoms with van der Waals surface area (Å²) in [6.45, 7) is 3.89. The van der Waals surface area contributed by atoms with Crippen LogP contribution in [0.4, 0.5) is 14.9 Å². The minimum Gasteiger partial charge on any atom is -0.360 e. The van der Waals surface area contributed by atoms with Crippen molar-refractivity contribution in [2.75, 3.05) is 31.5 Å². The number of carbonyl (C=O) groups is 1. The zero-order valence-corrected chi connectivity index (χ0v) is 15.2. The highest BCUT2D eigenvalue weighted by molar-refractivity contribution is 7.89. The number of aryl methyl sites for hydroxylation is 2. The third kappa shape index (κ3) is 3.56. The van der Waals surface area contributed by atoms with Gasteiger partial charge in [0.1, 0.15) is 16.4 Å². The smallest absolute Gasteiger partial charge is 0.321 e. The molecule has 0 radical (unpaired) electrons. The number of urea groups is 1. The lowest BCUT2D eigenvalue weighted by molar-refractivity contribution is 0.184. The number of halogens is 1. The summed E-state index contributed by atoms with van der Waals surface area (Å²) in [4.78, 5) is 13.8. The number of carbonyl (C=O) groups excluding carboxylic acids is 1. The molecule has 1 fully saturated rings. The molecule has 140 valence electrons. The van der Waals surface area contributed by atoms with Crippen LogP contribution in [0.3, 0.4) is 0 Å². The number of aromatic nitrogens is 1. The van der Waals surface area contributed by atoms with Crippen LogP contribution in [0, 0.1) is 19.7 Å². The van der Waals surface area contributed by atoms with Crippen molar-refractivity contribution in [3.8, 4) is 0 Å². The standard InChI is InChI=1S/C16H19FN4O4S/c1-11-15(12(2)25-19-11)26(23,24)21-8-6-20(7-9-21)16(22)18-14-5-3-4-13(17)10-14/h3-5,10H,6-9H2,1-2H3,(H,18,22). The van der Waals surface area contributed by atoms with Crippen LogP contribution in [0.5, 0.6) is 0 Å². The molecule has 0 spiro atoms. The molecular weight excluding hydrogens is 363 g/mol. The lowest BCUT2D eigenvalue weighted by Crippen LogP contribution is -2.51. The van der Waals surface area contributed by atoms with E-state index in [9.17, 15) is 17.6 Å². The molecule has 1 N–H and O–H groups in total. The van der Waals surface area contributed by atoms with Gasteiger partial charge in [0.15, 0.2) is 5.76 Å². The van der Waals surface area contributed by atoms with Gasteiger partial charge in [-0.2, -0.15) is 4.31 Å². The van der Waals surface area contributed by atoms with Gasteiger partial charge in [-0.05, 0) is 32.0 Å². The van der Waals surface area contributed by atoms with Crippen molar-refractivity contribution in [1.82, 2.24) is 14.4 Å². The second-order valence-electron chi connectivity index (χ2n) is 5.98. The number of rotatable bonds is 3. The topological polar surface area (TPSA) is 95.8 Å². The van der Waals surface area contributed by atoms with Crippen molar-refractivity contribution in [1.29, 1.82) is 0 Å². The highest BCUT2D eigenvalue weighted by Crippen LogP contribution is 2.24. The SMILES string of the molecule is Cc1noc(C)c1S(=O)(=O)N1CCN(C(=O)Nc2cccc(F)c2)CC1. The normalized spacial score (nSPS) is 15.9. The Morgan fingerprint density at radius 2 is 1.92 bits per heavy atom. The lowest BCUT2D eigenvalue weighted by atomic mass is 10.3. The van der Waals surface area contributed by atoms with Gasteiger partial charge in [0, 0.05) is 31.9 Å². The maximum absolute atomic E-state index is 13.2. The van der Waals surface area contributed by atoms with Crippen LogP contribution >= 0.6 is 0 Å². The second-order valence-corrected chi connectivity index (χ2v) is 7.86. The summed E-state index contributed by atoms with van der Waals surface area (Å²) in [5.74, 6) is -0.202. The van der Waals surface area contributed by atoms with E-state index in [1.165, 1.54) is 27.4 Å². The van der Waals surface area contributed by atoms with Gasteiger partial charge in [-0.1, -0.05) is 11.2 Å². The predicted molar refractivity (Wildman–Crippen MR) is 91.7 cm³/mol. The molecule has 0 bridgehead atoms. The van der Waals surface area contributed by atoms with Crippen molar-refractivity contribution in [2.24, 2.45) is 0 Å². The summed E-state index contributed by atoms with van der Waals surface area (Å²) in [7, 11) is -3.72. The molecule has 1 aliphatic rings. The van der Waals surface area contributed by atoms with Crippen molar-refractivity contribution in [2.45, 2.75) is 18.7 Å². The molecule has 2 amide bonds. The van der Waals surface area contributed by atoms with Gasteiger partial charge in [0.05, 0.1) is 0 Å². The third-order valence-corrected chi connectivity index (χ3v) is 6.31. The molecule has 3 rings (SSSR count). The van der Waals surface area contributed by atoms with E-state index in [2.05, 4.69) is 10.5 Å². The molecule has 0 aliphatic carbocycles. The lowest BCUT2D eigenvalue weighted by Gasteiger charge is -2.33. The van der Waals surface area contributed by atoms with Gasteiger partial charge in [-0.3, -0.25) is 0 Å². The van der Waals surface area contributed by atoms with E-state index in [4.69, 9.17) is 4.52 Å². The van der Waals surface area contributed by atoms with Gasteiger partial charge in [-0.15, -0.1) is 0 Å². The Morgan fingerprint density at radius 3 is 2.50 bits per heavy atom. The minimum atomic E-state index is -3.72. The monoisotopic (exact) mass is 382 g/mol. The number of amides is 2. The Morgan fingerprint density at radius 1 is 1.23 bits per heavy atom. The van der Waals surface area contributed by atoms with Crippen molar-refractivity contribution >= 4 is 21.7 Å². The third-order valence-electron chi connectivity index (χ3n) is 4.17. The quantitative estimate of drug-likeness (QED) is 0.876. The van der Waals surface area contributed by atoms with Crippen molar-refractivity contribution in [3.63, 3.8) is 0 Å². The molecule has 2 aromatic rings. The molecular formula is C16H19FN4O4S. The van der Waals surface area contributed by atoms with E-state index in [1.807, 2.05) is 0 Å². The molecule has 0 atom stereocenters. The zero-order valence-electron chi connectivity index (χ0n) is 14.4. The number of hydrogen-bond acceptors (Lipinski definition) is 5. The first-order chi connectivity index (χ1) is 12.3. The van der Waals surface area contributed by atoms with Crippen LogP contribution in [0.25, 0.3) is 0 Å². The highest BCUT2D eigenvalue weighted by Gasteiger charge is 2.34. The zero-order chi connectivity index (χ0) is 18.9. The van der Waals surface area contributed by atoms with Crippen LogP contribution in [0.1, 0.15) is 11.5 Å². The summed E-state index contributed by atoms with van der Waals surface area (Å²) in [6.07, 6.45) is 0. The number of anilines is 1. The number of hydrogen-bond donors (Lipinski definition) is 1.